The van der Waals surface area contributed by atoms with Crippen LogP contribution in [0, 0.1) is 0 Å². The van der Waals surface area contributed by atoms with Crippen molar-refractivity contribution in [2.45, 2.75) is 55.3 Å². The second-order valence-electron chi connectivity index (χ2n) is 9.69. The molecule has 5 rings (SSSR count). The van der Waals surface area contributed by atoms with Gasteiger partial charge in [-0.15, -0.1) is 0 Å². The highest BCUT2D eigenvalue weighted by molar-refractivity contribution is 5.88. The largest absolute Gasteiger partial charge is 0.508 e. The summed E-state index contributed by atoms with van der Waals surface area (Å²) in [6.45, 7) is -0.918. The average molecular weight is 580 g/mol. The molecule has 0 spiro atoms. The first-order chi connectivity index (χ1) is 19.5. The molecule has 15 heteroatoms. The van der Waals surface area contributed by atoms with E-state index in [0.717, 1.165) is 12.1 Å². The Hall–Kier alpha value is -3.51. The number of fused-ring (bicyclic) bond motifs is 1. The minimum Gasteiger partial charge on any atom is -0.508 e. The number of aromatic hydroxyl groups is 3. The molecule has 1 aromatic heterocycles. The van der Waals surface area contributed by atoms with Gasteiger partial charge in [0, 0.05) is 17.7 Å². The normalized spacial score (nSPS) is 32.2. The van der Waals surface area contributed by atoms with Gasteiger partial charge < -0.3 is 69.3 Å². The van der Waals surface area contributed by atoms with Crippen molar-refractivity contribution in [3.63, 3.8) is 0 Å². The van der Waals surface area contributed by atoms with Gasteiger partial charge in [-0.3, -0.25) is 4.79 Å². The van der Waals surface area contributed by atoms with Crippen LogP contribution in [0.25, 0.3) is 22.3 Å². The highest BCUT2D eigenvalue weighted by Gasteiger charge is 2.47. The minimum absolute atomic E-state index is 0.102. The first-order valence-corrected chi connectivity index (χ1v) is 12.4. The average Bonchev–Trinajstić information content (AvgIpc) is 2.93. The van der Waals surface area contributed by atoms with Gasteiger partial charge in [0.2, 0.25) is 17.5 Å². The van der Waals surface area contributed by atoms with Gasteiger partial charge in [-0.1, -0.05) is 0 Å². The summed E-state index contributed by atoms with van der Waals surface area (Å²) in [6, 6.07) is 7.33. The SMILES string of the molecule is O=c1c(O[C@@H]2O[C@H](CO[C@@H]3OC[C@H](O)[C@H](O)[C@H]3O)[C@@H](O)[C@H](O)[C@H]2O)c(-c2ccc(O)cc2)oc2cc(O)cc(O)c12. The molecule has 0 saturated carbocycles. The standard InChI is InChI=1S/C26H28O15/c27-10-3-1-9(2-4-10)23-24(19(33)16-12(29)5-11(28)6-14(16)39-23)41-26-22(36)20(34)18(32)15(40-26)8-38-25-21(35)17(31)13(30)7-37-25/h1-6,13,15,17-18,20-22,25-32,34-36H,7-8H2/t13-,15+,17-,18+,20-,21+,22+,25-,26-/m0/s1. The highest BCUT2D eigenvalue weighted by atomic mass is 16.7. The van der Waals surface area contributed by atoms with E-state index >= 15 is 0 Å². The molecule has 9 atom stereocenters. The molecule has 0 amide bonds. The molecule has 2 aliphatic rings. The molecule has 0 aliphatic carbocycles. The fourth-order valence-electron chi connectivity index (χ4n) is 4.56. The second kappa shape index (κ2) is 11.4. The summed E-state index contributed by atoms with van der Waals surface area (Å²) in [4.78, 5) is 13.5. The maximum Gasteiger partial charge on any atom is 0.239 e. The number of benzene rings is 2. The van der Waals surface area contributed by atoms with E-state index in [1.807, 2.05) is 0 Å². The van der Waals surface area contributed by atoms with E-state index in [-0.39, 0.29) is 34.6 Å². The molecule has 2 aromatic carbocycles. The summed E-state index contributed by atoms with van der Waals surface area (Å²) in [6.07, 6.45) is -14.8. The van der Waals surface area contributed by atoms with Gasteiger partial charge in [0.05, 0.1) is 13.2 Å². The number of aliphatic hydroxyl groups excluding tert-OH is 6. The third-order valence-electron chi connectivity index (χ3n) is 6.83. The smallest absolute Gasteiger partial charge is 0.239 e. The van der Waals surface area contributed by atoms with E-state index in [1.165, 1.54) is 24.3 Å². The summed E-state index contributed by atoms with van der Waals surface area (Å²) in [5.74, 6) is -1.97. The lowest BCUT2D eigenvalue weighted by molar-refractivity contribution is -0.307. The van der Waals surface area contributed by atoms with Gasteiger partial charge in [0.15, 0.2) is 12.1 Å². The van der Waals surface area contributed by atoms with Crippen LogP contribution in [0.5, 0.6) is 23.0 Å². The third-order valence-corrected chi connectivity index (χ3v) is 6.83. The Morgan fingerprint density at radius 1 is 0.805 bits per heavy atom. The highest BCUT2D eigenvalue weighted by Crippen LogP contribution is 2.37. The van der Waals surface area contributed by atoms with Crippen LogP contribution in [-0.2, 0) is 14.2 Å². The van der Waals surface area contributed by atoms with Gasteiger partial charge in [-0.05, 0) is 24.3 Å². The van der Waals surface area contributed by atoms with Crippen LogP contribution >= 0.6 is 0 Å². The Labute approximate surface area is 230 Å². The number of hydrogen-bond acceptors (Lipinski definition) is 15. The maximum atomic E-state index is 13.5. The zero-order chi connectivity index (χ0) is 29.6. The summed E-state index contributed by atoms with van der Waals surface area (Å²) in [5.41, 5.74) is -0.954. The van der Waals surface area contributed by atoms with E-state index in [2.05, 4.69) is 0 Å². The number of rotatable bonds is 6. The lowest BCUT2D eigenvalue weighted by Gasteiger charge is -2.41. The molecule has 41 heavy (non-hydrogen) atoms. The molecule has 9 N–H and O–H groups in total. The van der Waals surface area contributed by atoms with Crippen LogP contribution in [0.3, 0.4) is 0 Å². The van der Waals surface area contributed by atoms with Crippen molar-refractivity contribution in [3.8, 4) is 34.3 Å². The lowest BCUT2D eigenvalue weighted by atomic mass is 9.99. The van der Waals surface area contributed by atoms with E-state index in [1.54, 1.807) is 0 Å². The summed E-state index contributed by atoms with van der Waals surface area (Å²) in [5, 5.41) is 90.6. The Bertz CT molecular complexity index is 1440. The van der Waals surface area contributed by atoms with E-state index in [9.17, 15) is 50.8 Å². The molecule has 222 valence electrons. The lowest BCUT2D eigenvalue weighted by Crippen LogP contribution is -2.61. The predicted octanol–water partition coefficient (Wildman–Crippen LogP) is -1.78. The minimum atomic E-state index is -1.91. The predicted molar refractivity (Wildman–Crippen MR) is 134 cm³/mol. The molecule has 0 radical (unpaired) electrons. The number of phenols is 3. The topological polar surface area (TPSA) is 249 Å². The first-order valence-electron chi connectivity index (χ1n) is 12.4. The molecule has 0 unspecified atom stereocenters. The fourth-order valence-corrected chi connectivity index (χ4v) is 4.56. The number of ether oxygens (including phenoxy) is 4. The third kappa shape index (κ3) is 5.54. The van der Waals surface area contributed by atoms with Gasteiger partial charge in [-0.2, -0.15) is 0 Å². The molecule has 3 heterocycles. The van der Waals surface area contributed by atoms with Crippen LogP contribution < -0.4 is 10.2 Å². The molecular formula is C26H28O15. The van der Waals surface area contributed by atoms with Crippen LogP contribution in [0.1, 0.15) is 0 Å². The van der Waals surface area contributed by atoms with Crippen molar-refractivity contribution in [2.75, 3.05) is 13.2 Å². The van der Waals surface area contributed by atoms with Gasteiger partial charge >= 0.3 is 0 Å². The van der Waals surface area contributed by atoms with Crippen LogP contribution in [0.2, 0.25) is 0 Å². The molecule has 2 aliphatic heterocycles. The van der Waals surface area contributed by atoms with Crippen LogP contribution in [0.15, 0.2) is 45.6 Å². The van der Waals surface area contributed by atoms with Crippen molar-refractivity contribution >= 4 is 11.0 Å². The molecule has 3 aromatic rings. The fraction of sp³-hybridized carbons (Fsp3) is 0.423. The zero-order valence-electron chi connectivity index (χ0n) is 21.0. The van der Waals surface area contributed by atoms with Crippen molar-refractivity contribution in [3.05, 3.63) is 46.6 Å². The van der Waals surface area contributed by atoms with Crippen molar-refractivity contribution in [2.24, 2.45) is 0 Å². The Morgan fingerprint density at radius 3 is 2.20 bits per heavy atom. The second-order valence-corrected chi connectivity index (χ2v) is 9.69. The Balaban J connectivity index is 1.46. The molecular weight excluding hydrogens is 552 g/mol. The number of phenolic OH excluding ortho intramolecular Hbond substituents is 3. The number of aliphatic hydroxyl groups is 6. The van der Waals surface area contributed by atoms with Crippen molar-refractivity contribution in [1.82, 2.24) is 0 Å². The molecule has 0 bridgehead atoms. The van der Waals surface area contributed by atoms with Crippen molar-refractivity contribution in [1.29, 1.82) is 0 Å². The first kappa shape index (κ1) is 29.0. The summed E-state index contributed by atoms with van der Waals surface area (Å²) >= 11 is 0. The maximum absolute atomic E-state index is 13.5. The van der Waals surface area contributed by atoms with Gasteiger partial charge in [0.25, 0.3) is 0 Å². The Kier molecular flexibility index (Phi) is 8.06. The van der Waals surface area contributed by atoms with Crippen molar-refractivity contribution < 1.29 is 69.3 Å². The van der Waals surface area contributed by atoms with E-state index in [0.29, 0.717) is 0 Å². The van der Waals surface area contributed by atoms with E-state index < -0.39 is 84.6 Å². The van der Waals surface area contributed by atoms with Crippen LogP contribution in [0.4, 0.5) is 0 Å². The van der Waals surface area contributed by atoms with Crippen LogP contribution in [-0.4, -0.2) is 114 Å². The Morgan fingerprint density at radius 2 is 1.49 bits per heavy atom. The van der Waals surface area contributed by atoms with Gasteiger partial charge in [-0.25, -0.2) is 0 Å². The quantitative estimate of drug-likeness (QED) is 0.156. The zero-order valence-corrected chi connectivity index (χ0v) is 21.0. The molecule has 2 saturated heterocycles. The van der Waals surface area contributed by atoms with Gasteiger partial charge in [0.1, 0.15) is 70.9 Å². The molecule has 15 nitrogen and oxygen atoms in total. The monoisotopic (exact) mass is 580 g/mol. The number of hydrogen-bond donors (Lipinski definition) is 9. The summed E-state index contributed by atoms with van der Waals surface area (Å²) < 4.78 is 27.6. The molecule has 2 fully saturated rings. The summed E-state index contributed by atoms with van der Waals surface area (Å²) in [7, 11) is 0. The van der Waals surface area contributed by atoms with E-state index in [4.69, 9.17) is 23.4 Å².